The second-order valence-electron chi connectivity index (χ2n) is 6.69. The number of Topliss-reactive ketones (excluding diaryl/α,β-unsaturated/α-hetero) is 1. The van der Waals surface area contributed by atoms with Gasteiger partial charge in [-0.15, -0.1) is 0 Å². The number of para-hydroxylation sites is 1. The second kappa shape index (κ2) is 7.43. The highest BCUT2D eigenvalue weighted by Crippen LogP contribution is 2.23. The number of hydrogen-bond donors (Lipinski definition) is 0. The average Bonchev–Trinajstić information content (AvgIpc) is 2.55. The van der Waals surface area contributed by atoms with Gasteiger partial charge >= 0.3 is 0 Å². The van der Waals surface area contributed by atoms with Gasteiger partial charge in [0.05, 0.1) is 5.69 Å². The van der Waals surface area contributed by atoms with E-state index in [0.717, 1.165) is 17.0 Å². The lowest BCUT2D eigenvalue weighted by Crippen LogP contribution is -2.40. The van der Waals surface area contributed by atoms with Gasteiger partial charge in [-0.05, 0) is 62.7 Å². The molecule has 0 saturated carbocycles. The number of ketones is 1. The zero-order valence-electron chi connectivity index (χ0n) is 15.0. The van der Waals surface area contributed by atoms with Crippen molar-refractivity contribution in [1.82, 2.24) is 0 Å². The SMILES string of the molecule is CC(=Nc1ccccc1)c1ccc(OC(C)(C)C(=O)C(C)C)cc1. The molecule has 0 fully saturated rings. The third kappa shape index (κ3) is 4.54. The van der Waals surface area contributed by atoms with Gasteiger partial charge in [-0.2, -0.15) is 0 Å². The molecule has 0 bridgehead atoms. The topological polar surface area (TPSA) is 38.7 Å². The Hall–Kier alpha value is -2.42. The molecule has 0 aliphatic heterocycles. The van der Waals surface area contributed by atoms with Crippen LogP contribution in [0.1, 0.15) is 40.2 Å². The first-order valence-corrected chi connectivity index (χ1v) is 8.24. The predicted octanol–water partition coefficient (Wildman–Crippen LogP) is 5.21. The van der Waals surface area contributed by atoms with E-state index in [0.29, 0.717) is 5.75 Å². The Labute approximate surface area is 144 Å². The fraction of sp³-hybridized carbons (Fsp3) is 0.333. The summed E-state index contributed by atoms with van der Waals surface area (Å²) in [5, 5.41) is 0. The fourth-order valence-electron chi connectivity index (χ4n) is 2.57. The van der Waals surface area contributed by atoms with Crippen LogP contribution in [0.5, 0.6) is 5.75 Å². The molecule has 0 radical (unpaired) electrons. The fourth-order valence-corrected chi connectivity index (χ4v) is 2.57. The number of carbonyl (C=O) groups excluding carboxylic acids is 1. The lowest BCUT2D eigenvalue weighted by Gasteiger charge is -2.26. The predicted molar refractivity (Wildman–Crippen MR) is 99.3 cm³/mol. The standard InChI is InChI=1S/C21H25NO2/c1-15(2)20(23)21(4,5)24-19-13-11-17(12-14-19)16(3)22-18-9-7-6-8-10-18/h6-15H,1-5H3. The zero-order chi connectivity index (χ0) is 17.7. The summed E-state index contributed by atoms with van der Waals surface area (Å²) < 4.78 is 5.89. The molecule has 0 amide bonds. The monoisotopic (exact) mass is 323 g/mol. The van der Waals surface area contributed by atoms with Gasteiger partial charge in [0, 0.05) is 11.6 Å². The first kappa shape index (κ1) is 17.9. The Morgan fingerprint density at radius 2 is 1.58 bits per heavy atom. The molecule has 3 heteroatoms. The van der Waals surface area contributed by atoms with E-state index in [1.165, 1.54) is 0 Å². The minimum Gasteiger partial charge on any atom is -0.480 e. The molecule has 0 aromatic heterocycles. The van der Waals surface area contributed by atoms with Crippen molar-refractivity contribution >= 4 is 17.2 Å². The molecule has 3 nitrogen and oxygen atoms in total. The maximum atomic E-state index is 12.2. The van der Waals surface area contributed by atoms with Crippen LogP contribution >= 0.6 is 0 Å². The van der Waals surface area contributed by atoms with Gasteiger partial charge in [0.15, 0.2) is 11.4 Å². The van der Waals surface area contributed by atoms with Gasteiger partial charge < -0.3 is 4.74 Å². The van der Waals surface area contributed by atoms with E-state index in [2.05, 4.69) is 4.99 Å². The lowest BCUT2D eigenvalue weighted by molar-refractivity contribution is -0.135. The van der Waals surface area contributed by atoms with Crippen molar-refractivity contribution in [3.8, 4) is 5.75 Å². The summed E-state index contributed by atoms with van der Waals surface area (Å²) in [5.74, 6) is 0.721. The van der Waals surface area contributed by atoms with Gasteiger partial charge in [0.25, 0.3) is 0 Å². The minimum atomic E-state index is -0.831. The average molecular weight is 323 g/mol. The molecule has 126 valence electrons. The molecule has 0 heterocycles. The third-order valence-corrected chi connectivity index (χ3v) is 3.82. The highest BCUT2D eigenvalue weighted by Gasteiger charge is 2.31. The van der Waals surface area contributed by atoms with E-state index in [1.54, 1.807) is 0 Å². The smallest absolute Gasteiger partial charge is 0.178 e. The van der Waals surface area contributed by atoms with Crippen LogP contribution in [0.15, 0.2) is 59.6 Å². The van der Waals surface area contributed by atoms with Gasteiger partial charge in [0.1, 0.15) is 5.75 Å². The molecule has 24 heavy (non-hydrogen) atoms. The number of benzene rings is 2. The van der Waals surface area contributed by atoms with Crippen molar-refractivity contribution in [3.05, 3.63) is 60.2 Å². The number of hydrogen-bond acceptors (Lipinski definition) is 3. The normalized spacial score (nSPS) is 12.3. The summed E-state index contributed by atoms with van der Waals surface area (Å²) in [6.07, 6.45) is 0. The van der Waals surface area contributed by atoms with E-state index in [1.807, 2.05) is 89.2 Å². The number of rotatable bonds is 6. The first-order valence-electron chi connectivity index (χ1n) is 8.24. The third-order valence-electron chi connectivity index (χ3n) is 3.82. The maximum absolute atomic E-state index is 12.2. The van der Waals surface area contributed by atoms with Crippen molar-refractivity contribution in [2.45, 2.75) is 40.2 Å². The number of nitrogens with zero attached hydrogens (tertiary/aromatic N) is 1. The Kier molecular flexibility index (Phi) is 5.55. The molecular formula is C21H25NO2. The van der Waals surface area contributed by atoms with Crippen molar-refractivity contribution in [2.24, 2.45) is 10.9 Å². The quantitative estimate of drug-likeness (QED) is 0.684. The Bertz CT molecular complexity index is 713. The van der Waals surface area contributed by atoms with Crippen LogP contribution < -0.4 is 4.74 Å². The maximum Gasteiger partial charge on any atom is 0.178 e. The molecule has 0 unspecified atom stereocenters. The van der Waals surface area contributed by atoms with Gasteiger partial charge in [-0.1, -0.05) is 32.0 Å². The van der Waals surface area contributed by atoms with Gasteiger partial charge in [-0.25, -0.2) is 0 Å². The number of ether oxygens (including phenoxy) is 1. The van der Waals surface area contributed by atoms with Crippen molar-refractivity contribution in [2.75, 3.05) is 0 Å². The molecule has 0 saturated heterocycles. The minimum absolute atomic E-state index is 0.0560. The summed E-state index contributed by atoms with van der Waals surface area (Å²) in [7, 11) is 0. The van der Waals surface area contributed by atoms with Crippen LogP contribution in [0.3, 0.4) is 0 Å². The van der Waals surface area contributed by atoms with E-state index in [4.69, 9.17) is 4.74 Å². The highest BCUT2D eigenvalue weighted by atomic mass is 16.5. The molecule has 0 spiro atoms. The largest absolute Gasteiger partial charge is 0.480 e. The Morgan fingerprint density at radius 1 is 1.00 bits per heavy atom. The summed E-state index contributed by atoms with van der Waals surface area (Å²) >= 11 is 0. The summed E-state index contributed by atoms with van der Waals surface area (Å²) in [5.41, 5.74) is 2.06. The van der Waals surface area contributed by atoms with E-state index < -0.39 is 5.60 Å². The van der Waals surface area contributed by atoms with Crippen LogP contribution in [0, 0.1) is 5.92 Å². The van der Waals surface area contributed by atoms with Gasteiger partial charge in [-0.3, -0.25) is 9.79 Å². The van der Waals surface area contributed by atoms with Crippen LogP contribution in [0.25, 0.3) is 0 Å². The summed E-state index contributed by atoms with van der Waals surface area (Å²) in [6, 6.07) is 17.6. The molecule has 0 atom stereocenters. The van der Waals surface area contributed by atoms with Crippen LogP contribution in [-0.4, -0.2) is 17.1 Å². The van der Waals surface area contributed by atoms with Crippen LogP contribution in [-0.2, 0) is 4.79 Å². The van der Waals surface area contributed by atoms with Gasteiger partial charge in [0.2, 0.25) is 0 Å². The van der Waals surface area contributed by atoms with Crippen molar-refractivity contribution < 1.29 is 9.53 Å². The molecule has 2 aromatic carbocycles. The molecule has 0 aliphatic carbocycles. The molecule has 0 N–H and O–H groups in total. The van der Waals surface area contributed by atoms with E-state index in [9.17, 15) is 4.79 Å². The highest BCUT2D eigenvalue weighted by molar-refractivity contribution is 6.00. The van der Waals surface area contributed by atoms with Crippen molar-refractivity contribution in [1.29, 1.82) is 0 Å². The summed E-state index contributed by atoms with van der Waals surface area (Å²) in [6.45, 7) is 9.38. The second-order valence-corrected chi connectivity index (χ2v) is 6.69. The molecular weight excluding hydrogens is 298 g/mol. The summed E-state index contributed by atoms with van der Waals surface area (Å²) in [4.78, 5) is 16.8. The lowest BCUT2D eigenvalue weighted by atomic mass is 9.94. The van der Waals surface area contributed by atoms with Crippen LogP contribution in [0.4, 0.5) is 5.69 Å². The number of aliphatic imine (C=N–C) groups is 1. The molecule has 2 aromatic rings. The first-order chi connectivity index (χ1) is 11.3. The Balaban J connectivity index is 2.13. The molecule has 2 rings (SSSR count). The zero-order valence-corrected chi connectivity index (χ0v) is 15.0. The number of carbonyl (C=O) groups is 1. The molecule has 0 aliphatic rings. The Morgan fingerprint density at radius 3 is 2.12 bits per heavy atom. The van der Waals surface area contributed by atoms with E-state index >= 15 is 0 Å². The van der Waals surface area contributed by atoms with Crippen molar-refractivity contribution in [3.63, 3.8) is 0 Å². The van der Waals surface area contributed by atoms with Crippen LogP contribution in [0.2, 0.25) is 0 Å². The van der Waals surface area contributed by atoms with E-state index in [-0.39, 0.29) is 11.7 Å².